The van der Waals surface area contributed by atoms with E-state index in [4.69, 9.17) is 5.11 Å². The van der Waals surface area contributed by atoms with Crippen molar-refractivity contribution in [3.8, 4) is 0 Å². The maximum absolute atomic E-state index is 10.7. The molecule has 0 aliphatic carbocycles. The summed E-state index contributed by atoms with van der Waals surface area (Å²) in [6.45, 7) is 6.94. The Morgan fingerprint density at radius 2 is 2.17 bits per heavy atom. The molecule has 98 valence electrons. The lowest BCUT2D eigenvalue weighted by molar-refractivity contribution is 0.0696. The highest BCUT2D eigenvalue weighted by atomic mass is 16.4. The van der Waals surface area contributed by atoms with E-state index in [9.17, 15) is 4.79 Å². The Balaban J connectivity index is 2.09. The van der Waals surface area contributed by atoms with E-state index in [1.807, 2.05) is 0 Å². The second kappa shape index (κ2) is 5.30. The van der Waals surface area contributed by atoms with Gasteiger partial charge >= 0.3 is 5.97 Å². The lowest BCUT2D eigenvalue weighted by Crippen LogP contribution is -2.53. The van der Waals surface area contributed by atoms with E-state index in [0.717, 1.165) is 19.6 Å². The Morgan fingerprint density at radius 3 is 2.72 bits per heavy atom. The second-order valence-corrected chi connectivity index (χ2v) is 4.83. The topological polar surface area (TPSA) is 78.4 Å². The minimum Gasteiger partial charge on any atom is -0.478 e. The SMILES string of the molecule is CC(C)C1CN(c2ncc(C(=O)O)cn2)CCN1. The Hall–Kier alpha value is -1.69. The highest BCUT2D eigenvalue weighted by Gasteiger charge is 2.23. The first-order valence-corrected chi connectivity index (χ1v) is 6.11. The third-order valence-electron chi connectivity index (χ3n) is 3.18. The molecule has 0 bridgehead atoms. The molecule has 0 saturated carbocycles. The number of anilines is 1. The number of piperazine rings is 1. The summed E-state index contributed by atoms with van der Waals surface area (Å²) < 4.78 is 0. The van der Waals surface area contributed by atoms with Gasteiger partial charge in [0.2, 0.25) is 5.95 Å². The van der Waals surface area contributed by atoms with Gasteiger partial charge < -0.3 is 15.3 Å². The molecule has 1 aromatic heterocycles. The molecule has 1 aliphatic heterocycles. The fraction of sp³-hybridized carbons (Fsp3) is 0.583. The highest BCUT2D eigenvalue weighted by Crippen LogP contribution is 2.13. The van der Waals surface area contributed by atoms with Crippen molar-refractivity contribution in [2.24, 2.45) is 5.92 Å². The molecule has 2 rings (SSSR count). The minimum atomic E-state index is -0.998. The van der Waals surface area contributed by atoms with Crippen LogP contribution in [-0.4, -0.2) is 46.7 Å². The number of rotatable bonds is 3. The van der Waals surface area contributed by atoms with Gasteiger partial charge in [0.1, 0.15) is 0 Å². The number of carboxylic acids is 1. The first-order chi connectivity index (χ1) is 8.58. The fourth-order valence-electron chi connectivity index (χ4n) is 2.00. The first-order valence-electron chi connectivity index (χ1n) is 6.11. The average molecular weight is 250 g/mol. The lowest BCUT2D eigenvalue weighted by atomic mass is 10.0. The summed E-state index contributed by atoms with van der Waals surface area (Å²) in [5.74, 6) is 0.153. The number of aromatic carboxylic acids is 1. The Labute approximate surface area is 106 Å². The predicted octanol–water partition coefficient (Wildman–Crippen LogP) is 0.609. The number of carboxylic acid groups (broad SMARTS) is 1. The molecule has 1 aliphatic rings. The number of carbonyl (C=O) groups is 1. The van der Waals surface area contributed by atoms with Crippen molar-refractivity contribution >= 4 is 11.9 Å². The van der Waals surface area contributed by atoms with E-state index in [0.29, 0.717) is 17.9 Å². The minimum absolute atomic E-state index is 0.120. The van der Waals surface area contributed by atoms with Crippen LogP contribution in [0.15, 0.2) is 12.4 Å². The van der Waals surface area contributed by atoms with Crippen molar-refractivity contribution in [1.29, 1.82) is 0 Å². The molecular formula is C12H18N4O2. The van der Waals surface area contributed by atoms with E-state index in [1.54, 1.807) is 0 Å². The van der Waals surface area contributed by atoms with Gasteiger partial charge in [-0.1, -0.05) is 13.8 Å². The molecule has 2 heterocycles. The van der Waals surface area contributed by atoms with Gasteiger partial charge in [-0.15, -0.1) is 0 Å². The maximum atomic E-state index is 10.7. The normalized spacial score (nSPS) is 20.2. The van der Waals surface area contributed by atoms with E-state index in [1.165, 1.54) is 12.4 Å². The van der Waals surface area contributed by atoms with E-state index >= 15 is 0 Å². The lowest BCUT2D eigenvalue weighted by Gasteiger charge is -2.35. The van der Waals surface area contributed by atoms with Crippen molar-refractivity contribution in [2.75, 3.05) is 24.5 Å². The Kier molecular flexibility index (Phi) is 3.76. The highest BCUT2D eigenvalue weighted by molar-refractivity contribution is 5.86. The third kappa shape index (κ3) is 2.76. The monoisotopic (exact) mass is 250 g/mol. The number of aromatic nitrogens is 2. The summed E-state index contributed by atoms with van der Waals surface area (Å²) in [6.07, 6.45) is 2.72. The van der Waals surface area contributed by atoms with Gasteiger partial charge in [0, 0.05) is 38.1 Å². The van der Waals surface area contributed by atoms with Gasteiger partial charge in [-0.3, -0.25) is 0 Å². The second-order valence-electron chi connectivity index (χ2n) is 4.83. The molecule has 2 N–H and O–H groups in total. The first kappa shape index (κ1) is 12.8. The van der Waals surface area contributed by atoms with Gasteiger partial charge in [-0.05, 0) is 5.92 Å². The van der Waals surface area contributed by atoms with Crippen molar-refractivity contribution in [2.45, 2.75) is 19.9 Å². The van der Waals surface area contributed by atoms with Gasteiger partial charge in [0.05, 0.1) is 5.56 Å². The molecule has 1 fully saturated rings. The van der Waals surface area contributed by atoms with Crippen LogP contribution in [0.25, 0.3) is 0 Å². The maximum Gasteiger partial charge on any atom is 0.338 e. The summed E-state index contributed by atoms with van der Waals surface area (Å²) in [5, 5.41) is 12.3. The quantitative estimate of drug-likeness (QED) is 0.818. The van der Waals surface area contributed by atoms with Crippen LogP contribution in [0, 0.1) is 5.92 Å². The van der Waals surface area contributed by atoms with E-state index in [-0.39, 0.29) is 5.56 Å². The number of nitrogens with zero attached hydrogens (tertiary/aromatic N) is 3. The molecule has 1 unspecified atom stereocenters. The van der Waals surface area contributed by atoms with Crippen molar-refractivity contribution in [3.05, 3.63) is 18.0 Å². The van der Waals surface area contributed by atoms with Crippen LogP contribution in [-0.2, 0) is 0 Å². The smallest absolute Gasteiger partial charge is 0.338 e. The van der Waals surface area contributed by atoms with Gasteiger partial charge in [0.15, 0.2) is 0 Å². The molecule has 1 aromatic rings. The van der Waals surface area contributed by atoms with Crippen LogP contribution in [0.5, 0.6) is 0 Å². The zero-order chi connectivity index (χ0) is 13.1. The Bertz CT molecular complexity index is 419. The largest absolute Gasteiger partial charge is 0.478 e. The number of hydrogen-bond acceptors (Lipinski definition) is 5. The van der Waals surface area contributed by atoms with Crippen molar-refractivity contribution in [1.82, 2.24) is 15.3 Å². The predicted molar refractivity (Wildman–Crippen MR) is 67.8 cm³/mol. The van der Waals surface area contributed by atoms with Crippen LogP contribution in [0.3, 0.4) is 0 Å². The summed E-state index contributed by atoms with van der Waals surface area (Å²) >= 11 is 0. The molecular weight excluding hydrogens is 232 g/mol. The Morgan fingerprint density at radius 1 is 1.50 bits per heavy atom. The van der Waals surface area contributed by atoms with Gasteiger partial charge in [0.25, 0.3) is 0 Å². The number of hydrogen-bond donors (Lipinski definition) is 2. The van der Waals surface area contributed by atoms with Crippen molar-refractivity contribution in [3.63, 3.8) is 0 Å². The summed E-state index contributed by atoms with van der Waals surface area (Å²) in [5.41, 5.74) is 0.120. The molecule has 0 amide bonds. The zero-order valence-corrected chi connectivity index (χ0v) is 10.6. The molecule has 6 nitrogen and oxygen atoms in total. The molecule has 0 aromatic carbocycles. The summed E-state index contributed by atoms with van der Waals surface area (Å²) in [4.78, 5) is 21.1. The molecule has 18 heavy (non-hydrogen) atoms. The summed E-state index contributed by atoms with van der Waals surface area (Å²) in [7, 11) is 0. The third-order valence-corrected chi connectivity index (χ3v) is 3.18. The van der Waals surface area contributed by atoms with Crippen LogP contribution in [0.1, 0.15) is 24.2 Å². The van der Waals surface area contributed by atoms with Crippen LogP contribution >= 0.6 is 0 Å². The van der Waals surface area contributed by atoms with Crippen LogP contribution in [0.4, 0.5) is 5.95 Å². The van der Waals surface area contributed by atoms with Crippen LogP contribution in [0.2, 0.25) is 0 Å². The average Bonchev–Trinajstić information content (AvgIpc) is 2.39. The summed E-state index contributed by atoms with van der Waals surface area (Å²) in [6, 6.07) is 0.418. The van der Waals surface area contributed by atoms with Crippen molar-refractivity contribution < 1.29 is 9.90 Å². The standard InChI is InChI=1S/C12H18N4O2/c1-8(2)10-7-16(4-3-13-10)12-14-5-9(6-15-12)11(17)18/h5-6,8,10,13H,3-4,7H2,1-2H3,(H,17,18). The fourth-order valence-corrected chi connectivity index (χ4v) is 2.00. The van der Waals surface area contributed by atoms with Crippen LogP contribution < -0.4 is 10.2 Å². The molecule has 1 atom stereocenters. The van der Waals surface area contributed by atoms with Gasteiger partial charge in [-0.25, -0.2) is 14.8 Å². The molecule has 1 saturated heterocycles. The van der Waals surface area contributed by atoms with E-state index < -0.39 is 5.97 Å². The van der Waals surface area contributed by atoms with E-state index in [2.05, 4.69) is 34.0 Å². The molecule has 0 radical (unpaired) electrons. The molecule has 0 spiro atoms. The van der Waals surface area contributed by atoms with Gasteiger partial charge in [-0.2, -0.15) is 0 Å². The molecule has 6 heteroatoms. The zero-order valence-electron chi connectivity index (χ0n) is 10.6. The number of nitrogens with one attached hydrogen (secondary N) is 1.